The summed E-state index contributed by atoms with van der Waals surface area (Å²) in [7, 11) is 0. The number of ether oxygens (including phenoxy) is 2. The number of hydrogen-bond acceptors (Lipinski definition) is 4. The highest BCUT2D eigenvalue weighted by atomic mass is 16.5. The summed E-state index contributed by atoms with van der Waals surface area (Å²) in [6.07, 6.45) is 7.39. The zero-order valence-electron chi connectivity index (χ0n) is 13.9. The summed E-state index contributed by atoms with van der Waals surface area (Å²) in [5, 5.41) is 9.42. The van der Waals surface area contributed by atoms with E-state index in [9.17, 15) is 9.90 Å². The fourth-order valence-electron chi connectivity index (χ4n) is 3.98. The topological polar surface area (TPSA) is 55.8 Å². The highest BCUT2D eigenvalue weighted by molar-refractivity contribution is 6.22. The lowest BCUT2D eigenvalue weighted by Crippen LogP contribution is -2.49. The number of carbonyl (C=O) groups is 1. The van der Waals surface area contributed by atoms with E-state index in [1.54, 1.807) is 30.5 Å². The van der Waals surface area contributed by atoms with Gasteiger partial charge in [0.05, 0.1) is 29.5 Å². The monoisotopic (exact) mass is 326 g/mol. The lowest BCUT2D eigenvalue weighted by molar-refractivity contribution is -0.141. The number of fused-ring (bicyclic) bond motifs is 2. The van der Waals surface area contributed by atoms with Gasteiger partial charge in [-0.15, -0.1) is 0 Å². The molecule has 4 nitrogen and oxygen atoms in total. The van der Waals surface area contributed by atoms with Crippen LogP contribution >= 0.6 is 0 Å². The molecule has 0 bridgehead atoms. The second-order valence-electron chi connectivity index (χ2n) is 7.48. The van der Waals surface area contributed by atoms with Crippen LogP contribution in [0.4, 0.5) is 0 Å². The Morgan fingerprint density at radius 1 is 1.12 bits per heavy atom. The van der Waals surface area contributed by atoms with E-state index in [1.807, 2.05) is 0 Å². The fourth-order valence-corrected chi connectivity index (χ4v) is 3.98. The Labute approximate surface area is 141 Å². The van der Waals surface area contributed by atoms with E-state index < -0.39 is 0 Å². The number of allylic oxidation sites excluding steroid dienone is 1. The van der Waals surface area contributed by atoms with Crippen molar-refractivity contribution in [2.75, 3.05) is 0 Å². The maximum atomic E-state index is 13.0. The Balaban J connectivity index is 1.58. The van der Waals surface area contributed by atoms with Crippen LogP contribution in [0.15, 0.2) is 42.7 Å². The molecule has 4 heteroatoms. The summed E-state index contributed by atoms with van der Waals surface area (Å²) < 4.78 is 12.1. The first-order valence-corrected chi connectivity index (χ1v) is 8.49. The van der Waals surface area contributed by atoms with Gasteiger partial charge >= 0.3 is 0 Å². The van der Waals surface area contributed by atoms with E-state index in [2.05, 4.69) is 26.0 Å². The van der Waals surface area contributed by atoms with Crippen molar-refractivity contribution >= 4 is 11.4 Å². The lowest BCUT2D eigenvalue weighted by atomic mass is 9.71. The number of aromatic hydroxyl groups is 1. The Kier molecular flexibility index (Phi) is 3.53. The molecular weight excluding hydrogens is 304 g/mol. The number of benzene rings is 1. The van der Waals surface area contributed by atoms with Crippen LogP contribution in [0.25, 0.3) is 5.57 Å². The van der Waals surface area contributed by atoms with Gasteiger partial charge in [-0.1, -0.05) is 24.3 Å². The van der Waals surface area contributed by atoms with Gasteiger partial charge < -0.3 is 14.6 Å². The molecule has 2 aliphatic heterocycles. The Morgan fingerprint density at radius 3 is 2.62 bits per heavy atom. The lowest BCUT2D eigenvalue weighted by Gasteiger charge is -2.45. The van der Waals surface area contributed by atoms with Crippen LogP contribution in [0, 0.1) is 11.8 Å². The van der Waals surface area contributed by atoms with Crippen LogP contribution in [-0.2, 0) is 14.3 Å². The van der Waals surface area contributed by atoms with Crippen LogP contribution in [-0.4, -0.2) is 28.7 Å². The molecule has 1 fully saturated rings. The molecule has 126 valence electrons. The summed E-state index contributed by atoms with van der Waals surface area (Å²) >= 11 is 0. The van der Waals surface area contributed by atoms with E-state index in [0.29, 0.717) is 5.57 Å². The third-order valence-electron chi connectivity index (χ3n) is 5.26. The van der Waals surface area contributed by atoms with E-state index >= 15 is 0 Å². The zero-order valence-corrected chi connectivity index (χ0v) is 13.9. The average molecular weight is 326 g/mol. The predicted octanol–water partition coefficient (Wildman–Crippen LogP) is 3.46. The molecule has 1 aromatic carbocycles. The van der Waals surface area contributed by atoms with Crippen molar-refractivity contribution in [1.29, 1.82) is 0 Å². The minimum absolute atomic E-state index is 0.109. The third-order valence-corrected chi connectivity index (χ3v) is 5.26. The highest BCUT2D eigenvalue weighted by Gasteiger charge is 2.46. The van der Waals surface area contributed by atoms with Gasteiger partial charge in [0.25, 0.3) is 0 Å². The summed E-state index contributed by atoms with van der Waals surface area (Å²) in [5.41, 5.74) is 1.13. The number of carbonyl (C=O) groups excluding carboxylic acids is 1. The number of ketones is 1. The van der Waals surface area contributed by atoms with Gasteiger partial charge in [0, 0.05) is 12.3 Å². The van der Waals surface area contributed by atoms with Gasteiger partial charge in [0.2, 0.25) is 0 Å². The molecule has 0 amide bonds. The van der Waals surface area contributed by atoms with Gasteiger partial charge in [-0.05, 0) is 38.0 Å². The van der Waals surface area contributed by atoms with Crippen LogP contribution < -0.4 is 0 Å². The molecule has 0 radical (unpaired) electrons. The van der Waals surface area contributed by atoms with Crippen molar-refractivity contribution in [3.63, 3.8) is 0 Å². The minimum Gasteiger partial charge on any atom is -0.508 e. The van der Waals surface area contributed by atoms with Crippen molar-refractivity contribution < 1.29 is 19.4 Å². The average Bonchev–Trinajstić information content (AvgIpc) is 2.54. The van der Waals surface area contributed by atoms with Crippen LogP contribution in [0.5, 0.6) is 5.75 Å². The van der Waals surface area contributed by atoms with Gasteiger partial charge in [-0.2, -0.15) is 0 Å². The molecular formula is C20H22O4. The van der Waals surface area contributed by atoms with E-state index in [1.165, 1.54) is 0 Å². The molecule has 0 aromatic heterocycles. The van der Waals surface area contributed by atoms with Crippen molar-refractivity contribution in [2.24, 2.45) is 11.8 Å². The fraction of sp³-hybridized carbons (Fsp3) is 0.450. The van der Waals surface area contributed by atoms with Crippen molar-refractivity contribution in [1.82, 2.24) is 0 Å². The van der Waals surface area contributed by atoms with Crippen molar-refractivity contribution in [2.45, 2.75) is 44.5 Å². The first-order chi connectivity index (χ1) is 11.4. The predicted molar refractivity (Wildman–Crippen MR) is 90.3 cm³/mol. The molecule has 1 N–H and O–H groups in total. The molecule has 24 heavy (non-hydrogen) atoms. The van der Waals surface area contributed by atoms with Crippen molar-refractivity contribution in [3.8, 4) is 5.75 Å². The second kappa shape index (κ2) is 5.49. The molecule has 4 rings (SSSR count). The molecule has 3 aliphatic rings. The second-order valence-corrected chi connectivity index (χ2v) is 7.48. The molecule has 4 atom stereocenters. The quantitative estimate of drug-likeness (QED) is 0.803. The zero-order chi connectivity index (χ0) is 16.9. The Bertz CT molecular complexity index is 714. The van der Waals surface area contributed by atoms with Gasteiger partial charge in [0.15, 0.2) is 5.78 Å². The Morgan fingerprint density at radius 2 is 1.88 bits per heavy atom. The summed E-state index contributed by atoms with van der Waals surface area (Å²) in [6, 6.07) is 6.68. The normalized spacial score (nSPS) is 33.9. The van der Waals surface area contributed by atoms with Gasteiger partial charge in [0.1, 0.15) is 11.9 Å². The molecule has 2 heterocycles. The first-order valence-electron chi connectivity index (χ1n) is 8.49. The number of hydrogen-bond donors (Lipinski definition) is 1. The maximum Gasteiger partial charge on any atom is 0.173 e. The van der Waals surface area contributed by atoms with Crippen molar-refractivity contribution in [3.05, 3.63) is 48.2 Å². The largest absolute Gasteiger partial charge is 0.508 e. The van der Waals surface area contributed by atoms with Gasteiger partial charge in [-0.3, -0.25) is 4.79 Å². The number of phenols is 1. The van der Waals surface area contributed by atoms with E-state index in [4.69, 9.17) is 9.47 Å². The molecule has 1 aliphatic carbocycles. The summed E-state index contributed by atoms with van der Waals surface area (Å²) in [6.45, 7) is 4.11. The molecule has 1 aromatic rings. The van der Waals surface area contributed by atoms with E-state index in [0.717, 1.165) is 18.4 Å². The number of Topliss-reactive ketones (excluding diaryl/α,β-unsaturated/α-hetero) is 1. The molecule has 4 unspecified atom stereocenters. The molecule has 0 saturated heterocycles. The number of rotatable bonds is 1. The van der Waals surface area contributed by atoms with Crippen LogP contribution in [0.2, 0.25) is 0 Å². The Hall–Kier alpha value is -2.07. The SMILES string of the molecule is CC1(C)C=CC2CC3C(=O)C(c4ccc(O)cc4)=COC3CC2O1. The van der Waals surface area contributed by atoms with Crippen LogP contribution in [0.1, 0.15) is 32.3 Å². The number of phenolic OH excluding ortho intramolecular Hbond substituents is 1. The minimum atomic E-state index is -0.250. The first kappa shape index (κ1) is 15.5. The van der Waals surface area contributed by atoms with Crippen LogP contribution in [0.3, 0.4) is 0 Å². The third kappa shape index (κ3) is 2.65. The smallest absolute Gasteiger partial charge is 0.173 e. The van der Waals surface area contributed by atoms with Gasteiger partial charge in [-0.25, -0.2) is 0 Å². The molecule has 0 spiro atoms. The molecule has 1 saturated carbocycles. The maximum absolute atomic E-state index is 13.0. The van der Waals surface area contributed by atoms with E-state index in [-0.39, 0.29) is 41.2 Å². The summed E-state index contributed by atoms with van der Waals surface area (Å²) in [4.78, 5) is 13.0. The summed E-state index contributed by atoms with van der Waals surface area (Å²) in [5.74, 6) is 0.461. The highest BCUT2D eigenvalue weighted by Crippen LogP contribution is 2.43. The standard InChI is InChI=1S/C20H22O4/c1-20(2)8-7-13-9-15-18(10-17(13)24-20)23-11-16(19(15)22)12-3-5-14(21)6-4-12/h3-8,11,13,15,17-18,21H,9-10H2,1-2H3.